The number of piperazine rings is 1. The van der Waals surface area contributed by atoms with Crippen LogP contribution in [0, 0.1) is 6.92 Å². The molecule has 10 heteroatoms. The van der Waals surface area contributed by atoms with Gasteiger partial charge in [0.05, 0.1) is 23.6 Å². The van der Waals surface area contributed by atoms with Crippen LogP contribution >= 0.6 is 0 Å². The highest BCUT2D eigenvalue weighted by molar-refractivity contribution is 7.89. The highest BCUT2D eigenvalue weighted by atomic mass is 32.2. The second-order valence-electron chi connectivity index (χ2n) is 8.25. The number of nitrogens with one attached hydrogen (secondary N) is 1. The summed E-state index contributed by atoms with van der Waals surface area (Å²) in [5.74, 6) is 0.908. The third kappa shape index (κ3) is 4.95. The van der Waals surface area contributed by atoms with Crippen LogP contribution in [-0.2, 0) is 14.8 Å². The van der Waals surface area contributed by atoms with Gasteiger partial charge < -0.3 is 19.8 Å². The van der Waals surface area contributed by atoms with Gasteiger partial charge in [0.25, 0.3) is 0 Å². The smallest absolute Gasteiger partial charge is 0.240 e. The molecule has 2 aliphatic rings. The van der Waals surface area contributed by atoms with E-state index in [0.717, 1.165) is 24.5 Å². The molecule has 9 nitrogen and oxygen atoms in total. The molecule has 0 saturated carbocycles. The number of aromatic nitrogens is 1. The third-order valence-electron chi connectivity index (χ3n) is 6.16. The van der Waals surface area contributed by atoms with Gasteiger partial charge in [0, 0.05) is 38.9 Å². The molecule has 4 atom stereocenters. The number of anilines is 1. The standard InChI is InChI=1S/C22H30N4O5S/c1-16-5-7-17(8-6-16)32(29,30)24-14-18-21(22(28)19(15-27)31-18)26-12-10-25(11-13-26)20-4-2-3-9-23-20/h2-9,18-19,21-22,24,27-28H,10-15H2,1H3. The van der Waals surface area contributed by atoms with Crippen molar-refractivity contribution in [1.29, 1.82) is 0 Å². The third-order valence-corrected chi connectivity index (χ3v) is 7.60. The quantitative estimate of drug-likeness (QED) is 0.526. The molecule has 0 bridgehead atoms. The van der Waals surface area contributed by atoms with Crippen LogP contribution in [0.3, 0.4) is 0 Å². The number of rotatable bonds is 7. The van der Waals surface area contributed by atoms with Crippen LogP contribution in [0.4, 0.5) is 5.82 Å². The molecular formula is C22H30N4O5S. The number of nitrogens with zero attached hydrogens (tertiary/aromatic N) is 3. The lowest BCUT2D eigenvalue weighted by Gasteiger charge is -2.40. The topological polar surface area (TPSA) is 115 Å². The summed E-state index contributed by atoms with van der Waals surface area (Å²) in [5.41, 5.74) is 0.974. The van der Waals surface area contributed by atoms with Crippen LogP contribution in [0.1, 0.15) is 5.56 Å². The molecule has 0 spiro atoms. The molecule has 4 rings (SSSR count). The molecule has 1 aromatic carbocycles. The number of hydrogen-bond donors (Lipinski definition) is 3. The van der Waals surface area contributed by atoms with Gasteiger partial charge in [-0.2, -0.15) is 0 Å². The van der Waals surface area contributed by atoms with Crippen molar-refractivity contribution in [3.8, 4) is 0 Å². The van der Waals surface area contributed by atoms with E-state index in [1.807, 2.05) is 25.1 Å². The number of aliphatic hydroxyl groups excluding tert-OH is 2. The maximum absolute atomic E-state index is 12.7. The summed E-state index contributed by atoms with van der Waals surface area (Å²) < 4.78 is 33.9. The Morgan fingerprint density at radius 3 is 2.44 bits per heavy atom. The predicted molar refractivity (Wildman–Crippen MR) is 120 cm³/mol. The van der Waals surface area contributed by atoms with Gasteiger partial charge in [0.1, 0.15) is 18.0 Å². The molecular weight excluding hydrogens is 432 g/mol. The first kappa shape index (κ1) is 23.1. The van der Waals surface area contributed by atoms with E-state index in [0.29, 0.717) is 13.1 Å². The fourth-order valence-electron chi connectivity index (χ4n) is 4.38. The lowest BCUT2D eigenvalue weighted by molar-refractivity contribution is -0.0201. The minimum absolute atomic E-state index is 0.00882. The number of sulfonamides is 1. The van der Waals surface area contributed by atoms with Gasteiger partial charge in [-0.1, -0.05) is 23.8 Å². The van der Waals surface area contributed by atoms with E-state index in [2.05, 4.69) is 19.5 Å². The Balaban J connectivity index is 1.42. The van der Waals surface area contributed by atoms with Crippen molar-refractivity contribution in [1.82, 2.24) is 14.6 Å². The monoisotopic (exact) mass is 462 g/mol. The second kappa shape index (κ2) is 9.82. The Morgan fingerprint density at radius 1 is 1.09 bits per heavy atom. The van der Waals surface area contributed by atoms with Crippen molar-refractivity contribution in [2.75, 3.05) is 44.2 Å². The molecule has 2 aliphatic heterocycles. The van der Waals surface area contributed by atoms with Crippen LogP contribution in [0.15, 0.2) is 53.6 Å². The average Bonchev–Trinajstić information content (AvgIpc) is 3.14. The van der Waals surface area contributed by atoms with Gasteiger partial charge in [-0.3, -0.25) is 4.90 Å². The van der Waals surface area contributed by atoms with Crippen molar-refractivity contribution in [2.45, 2.75) is 36.2 Å². The molecule has 174 valence electrons. The molecule has 1 aromatic heterocycles. The highest BCUT2D eigenvalue weighted by Crippen LogP contribution is 2.27. The van der Waals surface area contributed by atoms with Gasteiger partial charge >= 0.3 is 0 Å². The maximum Gasteiger partial charge on any atom is 0.240 e. The van der Waals surface area contributed by atoms with E-state index in [1.54, 1.807) is 30.5 Å². The fourth-order valence-corrected chi connectivity index (χ4v) is 5.42. The first-order valence-electron chi connectivity index (χ1n) is 10.8. The summed E-state index contributed by atoms with van der Waals surface area (Å²) in [7, 11) is -3.71. The first-order valence-corrected chi connectivity index (χ1v) is 12.3. The van der Waals surface area contributed by atoms with Crippen molar-refractivity contribution < 1.29 is 23.4 Å². The Kier molecular flexibility index (Phi) is 7.08. The normalized spacial score (nSPS) is 27.0. The number of aryl methyl sites for hydroxylation is 1. The number of ether oxygens (including phenoxy) is 1. The molecule has 2 fully saturated rings. The summed E-state index contributed by atoms with van der Waals surface area (Å²) in [6, 6.07) is 12.0. The van der Waals surface area contributed by atoms with Crippen molar-refractivity contribution in [3.63, 3.8) is 0 Å². The Bertz CT molecular complexity index is 981. The number of hydrogen-bond acceptors (Lipinski definition) is 8. The van der Waals surface area contributed by atoms with E-state index < -0.39 is 34.4 Å². The zero-order valence-corrected chi connectivity index (χ0v) is 18.9. The Morgan fingerprint density at radius 2 is 1.81 bits per heavy atom. The minimum atomic E-state index is -3.71. The summed E-state index contributed by atoms with van der Waals surface area (Å²) in [6.45, 7) is 4.37. The van der Waals surface area contributed by atoms with Crippen molar-refractivity contribution in [3.05, 3.63) is 54.2 Å². The molecule has 0 radical (unpaired) electrons. The van der Waals surface area contributed by atoms with Crippen LogP contribution in [0.5, 0.6) is 0 Å². The van der Waals surface area contributed by atoms with Crippen molar-refractivity contribution in [2.24, 2.45) is 0 Å². The Labute approximate surface area is 188 Å². The average molecular weight is 463 g/mol. The summed E-state index contributed by atoms with van der Waals surface area (Å²) in [6.07, 6.45) is -0.472. The van der Waals surface area contributed by atoms with E-state index >= 15 is 0 Å². The van der Waals surface area contributed by atoms with Gasteiger partial charge in [-0.05, 0) is 31.2 Å². The lowest BCUT2D eigenvalue weighted by atomic mass is 10.0. The predicted octanol–water partition coefficient (Wildman–Crippen LogP) is -0.0203. The zero-order chi connectivity index (χ0) is 22.7. The SMILES string of the molecule is Cc1ccc(S(=O)(=O)NCC2OC(CO)C(O)C2N2CCN(c3ccccn3)CC2)cc1. The molecule has 3 heterocycles. The maximum atomic E-state index is 12.7. The minimum Gasteiger partial charge on any atom is -0.394 e. The van der Waals surface area contributed by atoms with Gasteiger partial charge in [0.15, 0.2) is 0 Å². The van der Waals surface area contributed by atoms with Gasteiger partial charge in [0.2, 0.25) is 10.0 Å². The first-order chi connectivity index (χ1) is 15.4. The molecule has 0 amide bonds. The van der Waals surface area contributed by atoms with Crippen LogP contribution in [-0.4, -0.2) is 92.2 Å². The Hall–Kier alpha value is -2.08. The molecule has 32 heavy (non-hydrogen) atoms. The molecule has 4 unspecified atom stereocenters. The van der Waals surface area contributed by atoms with Crippen LogP contribution in [0.25, 0.3) is 0 Å². The van der Waals surface area contributed by atoms with E-state index in [9.17, 15) is 18.6 Å². The number of aliphatic hydroxyl groups is 2. The van der Waals surface area contributed by atoms with Crippen molar-refractivity contribution >= 4 is 15.8 Å². The van der Waals surface area contributed by atoms with Crippen LogP contribution in [0.2, 0.25) is 0 Å². The molecule has 2 saturated heterocycles. The highest BCUT2D eigenvalue weighted by Gasteiger charge is 2.47. The molecule has 0 aliphatic carbocycles. The number of pyridine rings is 1. The van der Waals surface area contributed by atoms with E-state index in [4.69, 9.17) is 4.74 Å². The summed E-state index contributed by atoms with van der Waals surface area (Å²) in [5, 5.41) is 20.4. The summed E-state index contributed by atoms with van der Waals surface area (Å²) in [4.78, 5) is 8.87. The fraction of sp³-hybridized carbons (Fsp3) is 0.500. The van der Waals surface area contributed by atoms with E-state index in [-0.39, 0.29) is 18.0 Å². The largest absolute Gasteiger partial charge is 0.394 e. The van der Waals surface area contributed by atoms with Gasteiger partial charge in [-0.15, -0.1) is 0 Å². The lowest BCUT2D eigenvalue weighted by Crippen LogP contribution is -2.57. The zero-order valence-electron chi connectivity index (χ0n) is 18.0. The van der Waals surface area contributed by atoms with E-state index in [1.165, 1.54) is 0 Å². The van der Waals surface area contributed by atoms with Gasteiger partial charge in [-0.25, -0.2) is 18.1 Å². The molecule has 2 aromatic rings. The number of benzene rings is 1. The van der Waals surface area contributed by atoms with Crippen LogP contribution < -0.4 is 9.62 Å². The molecule has 3 N–H and O–H groups in total. The second-order valence-corrected chi connectivity index (χ2v) is 10.0. The summed E-state index contributed by atoms with van der Waals surface area (Å²) >= 11 is 0.